The molecule has 0 heterocycles. The molecule has 56 valence electrons. The number of nitrogens with zero attached hydrogens (tertiary/aromatic N) is 1. The SMILES string of the molecule is CC[S@](C)(=O)=NCOC. The molecule has 3 nitrogen and oxygen atoms in total. The average molecular weight is 151 g/mol. The lowest BCUT2D eigenvalue weighted by molar-refractivity contribution is 0.210. The number of rotatable bonds is 3. The first-order chi connectivity index (χ1) is 4.12. The summed E-state index contributed by atoms with van der Waals surface area (Å²) in [4.78, 5) is 0. The Morgan fingerprint density at radius 3 is 2.56 bits per heavy atom. The summed E-state index contributed by atoms with van der Waals surface area (Å²) in [7, 11) is -0.395. The van der Waals surface area contributed by atoms with Crippen LogP contribution >= 0.6 is 0 Å². The Kier molecular flexibility index (Phi) is 3.81. The molecule has 0 aliphatic rings. The van der Waals surface area contributed by atoms with Gasteiger partial charge in [0.15, 0.2) is 0 Å². The Hall–Kier alpha value is -0.0900. The van der Waals surface area contributed by atoms with Crippen molar-refractivity contribution in [3.63, 3.8) is 0 Å². The molecule has 0 aliphatic heterocycles. The van der Waals surface area contributed by atoms with Gasteiger partial charge in [0, 0.05) is 28.8 Å². The first-order valence-electron chi connectivity index (χ1n) is 2.77. The summed E-state index contributed by atoms with van der Waals surface area (Å²) in [5, 5.41) is 0. The van der Waals surface area contributed by atoms with Gasteiger partial charge in [-0.1, -0.05) is 6.92 Å². The van der Waals surface area contributed by atoms with Gasteiger partial charge < -0.3 is 4.74 Å². The highest BCUT2D eigenvalue weighted by molar-refractivity contribution is 7.92. The van der Waals surface area contributed by atoms with E-state index >= 15 is 0 Å². The highest BCUT2D eigenvalue weighted by Gasteiger charge is 1.92. The molecule has 0 aliphatic carbocycles. The van der Waals surface area contributed by atoms with Crippen LogP contribution in [0.15, 0.2) is 4.36 Å². The Morgan fingerprint density at radius 2 is 2.22 bits per heavy atom. The van der Waals surface area contributed by atoms with E-state index in [1.807, 2.05) is 6.92 Å². The van der Waals surface area contributed by atoms with Crippen LogP contribution in [0.5, 0.6) is 0 Å². The molecule has 0 aromatic rings. The molecule has 1 atom stereocenters. The van der Waals surface area contributed by atoms with Crippen LogP contribution in [0.2, 0.25) is 0 Å². The van der Waals surface area contributed by atoms with Crippen molar-refractivity contribution < 1.29 is 8.95 Å². The van der Waals surface area contributed by atoms with Gasteiger partial charge in [0.25, 0.3) is 0 Å². The molecule has 0 saturated heterocycles. The van der Waals surface area contributed by atoms with Crippen LogP contribution in [0.1, 0.15) is 6.92 Å². The second kappa shape index (κ2) is 3.85. The maximum atomic E-state index is 11.1. The molecule has 0 aromatic carbocycles. The van der Waals surface area contributed by atoms with Crippen molar-refractivity contribution in [2.75, 3.05) is 25.8 Å². The molecule has 0 saturated carbocycles. The monoisotopic (exact) mass is 151 g/mol. The minimum atomic E-state index is -1.93. The number of hydrogen-bond acceptors (Lipinski definition) is 3. The summed E-state index contributed by atoms with van der Waals surface area (Å²) < 4.78 is 19.5. The predicted molar refractivity (Wildman–Crippen MR) is 38.9 cm³/mol. The highest BCUT2D eigenvalue weighted by atomic mass is 32.2. The Labute approximate surface area is 56.6 Å². The molecule has 0 aromatic heterocycles. The van der Waals surface area contributed by atoms with Gasteiger partial charge in [0.2, 0.25) is 0 Å². The first kappa shape index (κ1) is 8.91. The van der Waals surface area contributed by atoms with Gasteiger partial charge in [-0.15, -0.1) is 0 Å². The number of hydrogen-bond donors (Lipinski definition) is 0. The minimum Gasteiger partial charge on any atom is -0.362 e. The fourth-order valence-electron chi connectivity index (χ4n) is 0.255. The Balaban J connectivity index is 3.95. The average Bonchev–Trinajstić information content (AvgIpc) is 1.84. The van der Waals surface area contributed by atoms with E-state index in [2.05, 4.69) is 9.10 Å². The molecular weight excluding hydrogens is 138 g/mol. The van der Waals surface area contributed by atoms with Crippen LogP contribution < -0.4 is 0 Å². The fraction of sp³-hybridized carbons (Fsp3) is 1.00. The summed E-state index contributed by atoms with van der Waals surface area (Å²) in [6.45, 7) is 2.09. The molecular formula is C5H13NO2S. The summed E-state index contributed by atoms with van der Waals surface area (Å²) in [5.74, 6) is 0.594. The van der Waals surface area contributed by atoms with E-state index < -0.39 is 9.73 Å². The third kappa shape index (κ3) is 4.42. The van der Waals surface area contributed by atoms with Crippen LogP contribution in [0.4, 0.5) is 0 Å². The van der Waals surface area contributed by atoms with Gasteiger partial charge >= 0.3 is 0 Å². The largest absolute Gasteiger partial charge is 0.362 e. The normalized spacial score (nSPS) is 16.8. The second-order valence-corrected chi connectivity index (χ2v) is 4.55. The molecule has 0 unspecified atom stereocenters. The van der Waals surface area contributed by atoms with E-state index in [-0.39, 0.29) is 6.73 Å². The van der Waals surface area contributed by atoms with E-state index in [1.165, 1.54) is 7.11 Å². The lowest BCUT2D eigenvalue weighted by Gasteiger charge is -1.96. The predicted octanol–water partition coefficient (Wildman–Crippen LogP) is 0.708. The maximum absolute atomic E-state index is 11.1. The van der Waals surface area contributed by atoms with Crippen LogP contribution in [0.3, 0.4) is 0 Å². The quantitative estimate of drug-likeness (QED) is 0.595. The van der Waals surface area contributed by atoms with Gasteiger partial charge in [-0.05, 0) is 0 Å². The van der Waals surface area contributed by atoms with Crippen molar-refractivity contribution in [2.24, 2.45) is 4.36 Å². The molecule has 0 fully saturated rings. The van der Waals surface area contributed by atoms with Gasteiger partial charge in [0.1, 0.15) is 6.73 Å². The molecule has 4 heteroatoms. The zero-order valence-electron chi connectivity index (χ0n) is 6.09. The van der Waals surface area contributed by atoms with E-state index in [0.29, 0.717) is 5.75 Å². The van der Waals surface area contributed by atoms with Crippen LogP contribution in [0.25, 0.3) is 0 Å². The lowest BCUT2D eigenvalue weighted by Crippen LogP contribution is -2.00. The van der Waals surface area contributed by atoms with E-state index in [0.717, 1.165) is 0 Å². The van der Waals surface area contributed by atoms with Crippen molar-refractivity contribution in [1.82, 2.24) is 0 Å². The van der Waals surface area contributed by atoms with Crippen LogP contribution in [-0.4, -0.2) is 30.1 Å². The van der Waals surface area contributed by atoms with Crippen molar-refractivity contribution in [2.45, 2.75) is 6.92 Å². The number of methoxy groups -OCH3 is 1. The smallest absolute Gasteiger partial charge is 0.146 e. The zero-order chi connectivity index (χ0) is 7.33. The first-order valence-corrected chi connectivity index (χ1v) is 4.86. The third-order valence-corrected chi connectivity index (χ3v) is 2.71. The molecule has 9 heavy (non-hydrogen) atoms. The second-order valence-electron chi connectivity index (χ2n) is 1.79. The highest BCUT2D eigenvalue weighted by Crippen LogP contribution is 1.88. The van der Waals surface area contributed by atoms with Crippen LogP contribution in [0, 0.1) is 0 Å². The topological polar surface area (TPSA) is 38.7 Å². The summed E-state index contributed by atoms with van der Waals surface area (Å²) in [6, 6.07) is 0. The Bertz CT molecular complexity index is 170. The van der Waals surface area contributed by atoms with Crippen LogP contribution in [-0.2, 0) is 14.5 Å². The zero-order valence-corrected chi connectivity index (χ0v) is 6.90. The Morgan fingerprint density at radius 1 is 1.67 bits per heavy atom. The van der Waals surface area contributed by atoms with Gasteiger partial charge in [-0.25, -0.2) is 8.57 Å². The third-order valence-electron chi connectivity index (χ3n) is 0.991. The van der Waals surface area contributed by atoms with E-state index in [4.69, 9.17) is 0 Å². The summed E-state index contributed by atoms with van der Waals surface area (Å²) in [5.41, 5.74) is 0. The summed E-state index contributed by atoms with van der Waals surface area (Å²) in [6.07, 6.45) is 1.63. The van der Waals surface area contributed by atoms with Gasteiger partial charge in [-0.2, -0.15) is 0 Å². The molecule has 0 spiro atoms. The number of ether oxygens (including phenoxy) is 1. The minimum absolute atomic E-state index is 0.239. The maximum Gasteiger partial charge on any atom is 0.146 e. The van der Waals surface area contributed by atoms with Crippen molar-refractivity contribution in [3.8, 4) is 0 Å². The summed E-state index contributed by atoms with van der Waals surface area (Å²) >= 11 is 0. The van der Waals surface area contributed by atoms with E-state index in [9.17, 15) is 4.21 Å². The fourth-order valence-corrected chi connectivity index (χ4v) is 0.766. The van der Waals surface area contributed by atoms with Gasteiger partial charge in [-0.3, -0.25) is 0 Å². The van der Waals surface area contributed by atoms with Crippen molar-refractivity contribution in [3.05, 3.63) is 0 Å². The molecule has 0 bridgehead atoms. The van der Waals surface area contributed by atoms with Crippen molar-refractivity contribution in [1.29, 1.82) is 0 Å². The molecule has 0 radical (unpaired) electrons. The molecule has 0 amide bonds. The molecule has 0 N–H and O–H groups in total. The standard InChI is InChI=1S/C5H13NO2S/c1-4-9(3,7)6-5-8-2/h4-5H2,1-3H3/t9-/m0/s1. The molecule has 0 rings (SSSR count). The van der Waals surface area contributed by atoms with Crippen molar-refractivity contribution >= 4 is 9.73 Å². The lowest BCUT2D eigenvalue weighted by atomic mass is 11.0. The van der Waals surface area contributed by atoms with Gasteiger partial charge in [0.05, 0.1) is 0 Å². The van der Waals surface area contributed by atoms with E-state index in [1.54, 1.807) is 6.26 Å².